The number of aromatic nitrogens is 2. The molecule has 1 aromatic heterocycles. The molecule has 1 aliphatic heterocycles. The molecule has 2 heterocycles. The predicted molar refractivity (Wildman–Crippen MR) is 109 cm³/mol. The number of anilines is 1. The van der Waals surface area contributed by atoms with Crippen LogP contribution in [-0.4, -0.2) is 40.6 Å². The molecule has 0 radical (unpaired) electrons. The first-order chi connectivity index (χ1) is 14.5. The molecule has 0 spiro atoms. The highest BCUT2D eigenvalue weighted by Gasteiger charge is 2.22. The van der Waals surface area contributed by atoms with Crippen molar-refractivity contribution < 1.29 is 19.1 Å². The van der Waals surface area contributed by atoms with E-state index in [0.717, 1.165) is 25.7 Å². The van der Waals surface area contributed by atoms with Crippen molar-refractivity contribution in [3.05, 3.63) is 46.1 Å². The van der Waals surface area contributed by atoms with Gasteiger partial charge in [-0.2, -0.15) is 0 Å². The second-order valence-corrected chi connectivity index (χ2v) is 7.47. The van der Waals surface area contributed by atoms with Crippen LogP contribution in [0.2, 0.25) is 0 Å². The topological polar surface area (TPSA) is 112 Å². The highest BCUT2D eigenvalue weighted by atomic mass is 16.6. The van der Waals surface area contributed by atoms with E-state index in [1.165, 1.54) is 10.8 Å². The first kappa shape index (κ1) is 19.9. The Morgan fingerprint density at radius 3 is 2.67 bits per heavy atom. The SMILES string of the molecule is Cc1ncc(C(=O)NC2CCCC2)c(=O)n1CC(=O)Nc1ccc2c(c1)OCCO2. The van der Waals surface area contributed by atoms with Crippen molar-refractivity contribution in [3.8, 4) is 11.5 Å². The van der Waals surface area contributed by atoms with Gasteiger partial charge in [-0.3, -0.25) is 19.0 Å². The molecule has 1 aliphatic carbocycles. The summed E-state index contributed by atoms with van der Waals surface area (Å²) in [6.07, 6.45) is 5.24. The summed E-state index contributed by atoms with van der Waals surface area (Å²) in [6, 6.07) is 5.18. The monoisotopic (exact) mass is 412 g/mol. The molecular weight excluding hydrogens is 388 g/mol. The Morgan fingerprint density at radius 2 is 1.90 bits per heavy atom. The van der Waals surface area contributed by atoms with Gasteiger partial charge in [-0.25, -0.2) is 4.98 Å². The number of nitrogens with one attached hydrogen (secondary N) is 2. The van der Waals surface area contributed by atoms with E-state index in [1.807, 2.05) is 0 Å². The standard InChI is InChI=1S/C21H24N4O5/c1-13-22-11-16(20(27)24-14-4-2-3-5-14)21(28)25(13)12-19(26)23-15-6-7-17-18(10-15)30-9-8-29-17/h6-7,10-11,14H,2-5,8-9,12H2,1H3,(H,23,26)(H,24,27). The van der Waals surface area contributed by atoms with Gasteiger partial charge in [-0.05, 0) is 31.9 Å². The Bertz CT molecular complexity index is 1030. The molecule has 2 amide bonds. The lowest BCUT2D eigenvalue weighted by Crippen LogP contribution is -2.39. The summed E-state index contributed by atoms with van der Waals surface area (Å²) >= 11 is 0. The third-order valence-electron chi connectivity index (χ3n) is 5.31. The number of amides is 2. The normalized spacial score (nSPS) is 15.6. The number of fused-ring (bicyclic) bond motifs is 1. The number of carbonyl (C=O) groups excluding carboxylic acids is 2. The van der Waals surface area contributed by atoms with E-state index in [1.54, 1.807) is 25.1 Å². The average molecular weight is 412 g/mol. The largest absolute Gasteiger partial charge is 0.486 e. The molecule has 4 rings (SSSR count). The second kappa shape index (κ2) is 8.56. The molecule has 30 heavy (non-hydrogen) atoms. The molecule has 9 nitrogen and oxygen atoms in total. The number of nitrogens with zero attached hydrogens (tertiary/aromatic N) is 2. The van der Waals surface area contributed by atoms with Crippen LogP contribution in [-0.2, 0) is 11.3 Å². The summed E-state index contributed by atoms with van der Waals surface area (Å²) in [7, 11) is 0. The molecule has 2 N–H and O–H groups in total. The minimum atomic E-state index is -0.532. The van der Waals surface area contributed by atoms with Crippen molar-refractivity contribution >= 4 is 17.5 Å². The first-order valence-electron chi connectivity index (χ1n) is 10.1. The molecule has 0 atom stereocenters. The summed E-state index contributed by atoms with van der Waals surface area (Å²) in [5.74, 6) is 0.679. The van der Waals surface area contributed by atoms with Gasteiger partial charge in [0.25, 0.3) is 11.5 Å². The number of aryl methyl sites for hydroxylation is 1. The Hall–Kier alpha value is -3.36. The van der Waals surface area contributed by atoms with E-state index in [2.05, 4.69) is 15.6 Å². The van der Waals surface area contributed by atoms with E-state index in [-0.39, 0.29) is 18.2 Å². The van der Waals surface area contributed by atoms with E-state index < -0.39 is 17.4 Å². The smallest absolute Gasteiger partial charge is 0.266 e. The zero-order valence-electron chi connectivity index (χ0n) is 16.8. The summed E-state index contributed by atoms with van der Waals surface area (Å²) < 4.78 is 12.2. The van der Waals surface area contributed by atoms with Crippen LogP contribution in [0.1, 0.15) is 41.9 Å². The molecule has 1 saturated carbocycles. The molecule has 0 saturated heterocycles. The van der Waals surface area contributed by atoms with Crippen LogP contribution in [0.25, 0.3) is 0 Å². The van der Waals surface area contributed by atoms with Gasteiger partial charge in [0.15, 0.2) is 11.5 Å². The molecule has 158 valence electrons. The number of hydrogen-bond acceptors (Lipinski definition) is 6. The molecule has 1 fully saturated rings. The van der Waals surface area contributed by atoms with Gasteiger partial charge in [0.05, 0.1) is 0 Å². The van der Waals surface area contributed by atoms with Crippen LogP contribution in [0.4, 0.5) is 5.69 Å². The molecule has 2 aromatic rings. The van der Waals surface area contributed by atoms with Crippen molar-refractivity contribution in [3.63, 3.8) is 0 Å². The third-order valence-corrected chi connectivity index (χ3v) is 5.31. The number of benzene rings is 1. The van der Waals surface area contributed by atoms with Crippen molar-refractivity contribution in [2.75, 3.05) is 18.5 Å². The molecule has 0 unspecified atom stereocenters. The van der Waals surface area contributed by atoms with E-state index in [4.69, 9.17) is 9.47 Å². The first-order valence-corrected chi connectivity index (χ1v) is 10.1. The van der Waals surface area contributed by atoms with Crippen LogP contribution in [0.3, 0.4) is 0 Å². The van der Waals surface area contributed by atoms with Crippen LogP contribution in [0.5, 0.6) is 11.5 Å². The molecule has 9 heteroatoms. The van der Waals surface area contributed by atoms with E-state index in [0.29, 0.717) is 36.2 Å². The summed E-state index contributed by atoms with van der Waals surface area (Å²) in [4.78, 5) is 42.0. The zero-order valence-corrected chi connectivity index (χ0v) is 16.8. The second-order valence-electron chi connectivity index (χ2n) is 7.47. The van der Waals surface area contributed by atoms with Gasteiger partial charge >= 0.3 is 0 Å². The lowest BCUT2D eigenvalue weighted by atomic mass is 10.2. The maximum atomic E-state index is 12.8. The van der Waals surface area contributed by atoms with E-state index in [9.17, 15) is 14.4 Å². The molecule has 0 bridgehead atoms. The zero-order chi connectivity index (χ0) is 21.1. The summed E-state index contributed by atoms with van der Waals surface area (Å²) in [5, 5.41) is 5.63. The minimum absolute atomic E-state index is 0.0559. The summed E-state index contributed by atoms with van der Waals surface area (Å²) in [6.45, 7) is 2.30. The van der Waals surface area contributed by atoms with Crippen molar-refractivity contribution in [1.82, 2.24) is 14.9 Å². The fourth-order valence-electron chi connectivity index (χ4n) is 3.72. The fraction of sp³-hybridized carbons (Fsp3) is 0.429. The Kier molecular flexibility index (Phi) is 5.69. The third kappa shape index (κ3) is 4.29. The van der Waals surface area contributed by atoms with Crippen LogP contribution >= 0.6 is 0 Å². The maximum absolute atomic E-state index is 12.8. The molecule has 2 aliphatic rings. The maximum Gasteiger partial charge on any atom is 0.266 e. The van der Waals surface area contributed by atoms with Gasteiger partial charge in [0, 0.05) is 24.0 Å². The van der Waals surface area contributed by atoms with Crippen LogP contribution in [0, 0.1) is 6.92 Å². The number of ether oxygens (including phenoxy) is 2. The van der Waals surface area contributed by atoms with Gasteiger partial charge < -0.3 is 20.1 Å². The Balaban J connectivity index is 1.47. The predicted octanol–water partition coefficient (Wildman–Crippen LogP) is 1.63. The van der Waals surface area contributed by atoms with E-state index >= 15 is 0 Å². The van der Waals surface area contributed by atoms with Gasteiger partial charge in [0.2, 0.25) is 5.91 Å². The van der Waals surface area contributed by atoms with Crippen molar-refractivity contribution in [1.29, 1.82) is 0 Å². The minimum Gasteiger partial charge on any atom is -0.486 e. The molecular formula is C21H24N4O5. The number of hydrogen-bond donors (Lipinski definition) is 2. The summed E-state index contributed by atoms with van der Waals surface area (Å²) in [5.41, 5.74) is -0.0620. The van der Waals surface area contributed by atoms with Crippen LogP contribution in [0.15, 0.2) is 29.2 Å². The highest BCUT2D eigenvalue weighted by Crippen LogP contribution is 2.32. The van der Waals surface area contributed by atoms with Gasteiger partial charge in [-0.1, -0.05) is 12.8 Å². The number of rotatable bonds is 5. The number of carbonyl (C=O) groups is 2. The highest BCUT2D eigenvalue weighted by molar-refractivity contribution is 5.94. The Labute approximate surface area is 173 Å². The quantitative estimate of drug-likeness (QED) is 0.772. The molecule has 1 aromatic carbocycles. The lowest BCUT2D eigenvalue weighted by Gasteiger charge is -2.19. The Morgan fingerprint density at radius 1 is 1.17 bits per heavy atom. The van der Waals surface area contributed by atoms with Crippen LogP contribution < -0.4 is 25.7 Å². The lowest BCUT2D eigenvalue weighted by molar-refractivity contribution is -0.116. The van der Waals surface area contributed by atoms with Crippen molar-refractivity contribution in [2.45, 2.75) is 45.2 Å². The average Bonchev–Trinajstić information content (AvgIpc) is 3.24. The van der Waals surface area contributed by atoms with Crippen molar-refractivity contribution in [2.24, 2.45) is 0 Å². The van der Waals surface area contributed by atoms with Gasteiger partial charge in [-0.15, -0.1) is 0 Å². The van der Waals surface area contributed by atoms with Gasteiger partial charge in [0.1, 0.15) is 31.1 Å². The fourth-order valence-corrected chi connectivity index (χ4v) is 3.72.